The predicted molar refractivity (Wildman–Crippen MR) is 83.4 cm³/mol. The Morgan fingerprint density at radius 3 is 2.57 bits per heavy atom. The van der Waals surface area contributed by atoms with E-state index in [9.17, 15) is 4.79 Å². The number of nitrogens with zero attached hydrogens (tertiary/aromatic N) is 2. The van der Waals surface area contributed by atoms with Gasteiger partial charge in [0.05, 0.1) is 13.2 Å². The molecule has 2 rings (SSSR count). The second-order valence-electron chi connectivity index (χ2n) is 5.38. The van der Waals surface area contributed by atoms with E-state index in [0.29, 0.717) is 13.2 Å². The Hall–Kier alpha value is -1.59. The van der Waals surface area contributed by atoms with E-state index in [0.717, 1.165) is 38.5 Å². The van der Waals surface area contributed by atoms with Gasteiger partial charge in [-0.1, -0.05) is 12.1 Å². The fourth-order valence-electron chi connectivity index (χ4n) is 2.47. The largest absolute Gasteiger partial charge is 0.494 e. The highest BCUT2D eigenvalue weighted by Crippen LogP contribution is 2.13. The molecule has 0 radical (unpaired) electrons. The highest BCUT2D eigenvalue weighted by atomic mass is 16.5. The molecule has 21 heavy (non-hydrogen) atoms. The van der Waals surface area contributed by atoms with Gasteiger partial charge in [-0.25, -0.2) is 0 Å². The summed E-state index contributed by atoms with van der Waals surface area (Å²) in [5, 5.41) is 3.26. The van der Waals surface area contributed by atoms with Crippen LogP contribution in [0.2, 0.25) is 0 Å². The second-order valence-corrected chi connectivity index (χ2v) is 5.38. The Morgan fingerprint density at radius 1 is 1.29 bits per heavy atom. The Labute approximate surface area is 126 Å². The van der Waals surface area contributed by atoms with E-state index in [2.05, 4.69) is 22.3 Å². The van der Waals surface area contributed by atoms with Crippen LogP contribution in [0.25, 0.3) is 0 Å². The summed E-state index contributed by atoms with van der Waals surface area (Å²) < 4.78 is 5.43. The van der Waals surface area contributed by atoms with Gasteiger partial charge in [-0.05, 0) is 31.7 Å². The van der Waals surface area contributed by atoms with Crippen molar-refractivity contribution in [1.29, 1.82) is 0 Å². The van der Waals surface area contributed by atoms with Crippen LogP contribution in [0.3, 0.4) is 0 Å². The molecule has 0 saturated carbocycles. The van der Waals surface area contributed by atoms with E-state index < -0.39 is 0 Å². The van der Waals surface area contributed by atoms with E-state index in [-0.39, 0.29) is 5.91 Å². The van der Waals surface area contributed by atoms with E-state index in [1.54, 1.807) is 0 Å². The molecule has 1 fully saturated rings. The van der Waals surface area contributed by atoms with E-state index in [1.807, 2.05) is 31.0 Å². The Balaban J connectivity index is 1.80. The van der Waals surface area contributed by atoms with Crippen LogP contribution in [-0.2, 0) is 11.3 Å². The topological polar surface area (TPSA) is 44.8 Å². The molecule has 1 heterocycles. The third-order valence-corrected chi connectivity index (χ3v) is 3.56. The summed E-state index contributed by atoms with van der Waals surface area (Å²) in [6.45, 7) is 7.31. The number of ether oxygens (including phenoxy) is 1. The molecule has 1 aliphatic rings. The van der Waals surface area contributed by atoms with E-state index in [1.165, 1.54) is 5.56 Å². The smallest absolute Gasteiger partial charge is 0.236 e. The van der Waals surface area contributed by atoms with Crippen molar-refractivity contribution in [3.05, 3.63) is 29.8 Å². The number of amides is 1. The molecule has 1 saturated heterocycles. The van der Waals surface area contributed by atoms with Crippen LogP contribution in [0, 0.1) is 0 Å². The minimum absolute atomic E-state index is 0.213. The van der Waals surface area contributed by atoms with Gasteiger partial charge in [0.2, 0.25) is 5.91 Å². The van der Waals surface area contributed by atoms with Crippen LogP contribution in [0.5, 0.6) is 5.75 Å². The third-order valence-electron chi connectivity index (χ3n) is 3.56. The average Bonchev–Trinajstić information content (AvgIpc) is 2.50. The van der Waals surface area contributed by atoms with Crippen LogP contribution in [0.15, 0.2) is 24.3 Å². The molecule has 1 amide bonds. The Kier molecular flexibility index (Phi) is 6.02. The number of benzene rings is 1. The molecule has 0 spiro atoms. The number of hydrogen-bond acceptors (Lipinski definition) is 4. The number of piperazine rings is 1. The minimum atomic E-state index is 0.213. The zero-order valence-electron chi connectivity index (χ0n) is 13.0. The lowest BCUT2D eigenvalue weighted by Gasteiger charge is -2.29. The zero-order valence-corrected chi connectivity index (χ0v) is 13.0. The van der Waals surface area contributed by atoms with Crippen molar-refractivity contribution >= 4 is 5.91 Å². The number of likely N-dealkylation sites (N-methyl/N-ethyl adjacent to an activating group) is 1. The molecule has 0 aliphatic carbocycles. The zero-order chi connectivity index (χ0) is 15.1. The molecule has 1 N–H and O–H groups in total. The first-order valence-corrected chi connectivity index (χ1v) is 7.58. The normalized spacial score (nSPS) is 15.3. The van der Waals surface area contributed by atoms with Gasteiger partial charge in [-0.3, -0.25) is 9.69 Å². The summed E-state index contributed by atoms with van der Waals surface area (Å²) in [7, 11) is 1.98. The second kappa shape index (κ2) is 8.00. The first-order chi connectivity index (χ1) is 10.2. The van der Waals surface area contributed by atoms with Gasteiger partial charge >= 0.3 is 0 Å². The molecule has 0 unspecified atom stereocenters. The molecule has 5 heteroatoms. The maximum Gasteiger partial charge on any atom is 0.236 e. The monoisotopic (exact) mass is 291 g/mol. The molecule has 116 valence electrons. The molecular formula is C16H25N3O2. The standard InChI is InChI=1S/C16H25N3O2/c1-3-21-15-6-4-14(5-7-15)12-18(2)13-16(20)19-10-8-17-9-11-19/h4-7,17H,3,8-13H2,1-2H3. The predicted octanol–water partition coefficient (Wildman–Crippen LogP) is 0.949. The van der Waals surface area contributed by atoms with Gasteiger partial charge in [0.1, 0.15) is 5.75 Å². The van der Waals surface area contributed by atoms with Crippen molar-refractivity contribution in [3.63, 3.8) is 0 Å². The molecule has 5 nitrogen and oxygen atoms in total. The van der Waals surface area contributed by atoms with Crippen molar-refractivity contribution < 1.29 is 9.53 Å². The van der Waals surface area contributed by atoms with E-state index in [4.69, 9.17) is 4.74 Å². The fourth-order valence-corrected chi connectivity index (χ4v) is 2.47. The lowest BCUT2D eigenvalue weighted by molar-refractivity contribution is -0.132. The summed E-state index contributed by atoms with van der Waals surface area (Å²) in [5.74, 6) is 1.10. The fraction of sp³-hybridized carbons (Fsp3) is 0.562. The number of nitrogens with one attached hydrogen (secondary N) is 1. The van der Waals surface area contributed by atoms with Crippen LogP contribution in [0.1, 0.15) is 12.5 Å². The lowest BCUT2D eigenvalue weighted by Crippen LogP contribution is -2.49. The first kappa shape index (κ1) is 15.8. The number of carbonyl (C=O) groups excluding carboxylic acids is 1. The van der Waals surface area contributed by atoms with Crippen molar-refractivity contribution in [1.82, 2.24) is 15.1 Å². The summed E-state index contributed by atoms with van der Waals surface area (Å²) in [5.41, 5.74) is 1.19. The van der Waals surface area contributed by atoms with Crippen molar-refractivity contribution in [3.8, 4) is 5.75 Å². The minimum Gasteiger partial charge on any atom is -0.494 e. The van der Waals surface area contributed by atoms with Crippen molar-refractivity contribution in [2.24, 2.45) is 0 Å². The quantitative estimate of drug-likeness (QED) is 0.847. The van der Waals surface area contributed by atoms with E-state index >= 15 is 0 Å². The van der Waals surface area contributed by atoms with Gasteiger partial charge in [0.15, 0.2) is 0 Å². The van der Waals surface area contributed by atoms with Gasteiger partial charge in [-0.2, -0.15) is 0 Å². The van der Waals surface area contributed by atoms with Crippen molar-refractivity contribution in [2.45, 2.75) is 13.5 Å². The van der Waals surface area contributed by atoms with Gasteiger partial charge < -0.3 is 15.0 Å². The number of carbonyl (C=O) groups is 1. The highest BCUT2D eigenvalue weighted by Gasteiger charge is 2.17. The SMILES string of the molecule is CCOc1ccc(CN(C)CC(=O)N2CCNCC2)cc1. The summed E-state index contributed by atoms with van der Waals surface area (Å²) in [6, 6.07) is 8.06. The average molecular weight is 291 g/mol. The lowest BCUT2D eigenvalue weighted by atomic mass is 10.2. The van der Waals surface area contributed by atoms with Gasteiger partial charge in [0, 0.05) is 32.7 Å². The first-order valence-electron chi connectivity index (χ1n) is 7.58. The summed E-state index contributed by atoms with van der Waals surface area (Å²) in [4.78, 5) is 16.2. The Morgan fingerprint density at radius 2 is 1.95 bits per heavy atom. The molecular weight excluding hydrogens is 266 g/mol. The Bertz CT molecular complexity index is 441. The maximum atomic E-state index is 12.2. The molecule has 0 aromatic heterocycles. The number of hydrogen-bond donors (Lipinski definition) is 1. The molecule has 0 bridgehead atoms. The van der Waals surface area contributed by atoms with Gasteiger partial charge in [-0.15, -0.1) is 0 Å². The van der Waals surface area contributed by atoms with Crippen LogP contribution >= 0.6 is 0 Å². The summed E-state index contributed by atoms with van der Waals surface area (Å²) in [6.07, 6.45) is 0. The van der Waals surface area contributed by atoms with Crippen LogP contribution in [-0.4, -0.2) is 62.1 Å². The molecule has 1 aromatic rings. The summed E-state index contributed by atoms with van der Waals surface area (Å²) >= 11 is 0. The van der Waals surface area contributed by atoms with Crippen molar-refractivity contribution in [2.75, 3.05) is 46.4 Å². The number of rotatable bonds is 6. The third kappa shape index (κ3) is 5.02. The highest BCUT2D eigenvalue weighted by molar-refractivity contribution is 5.78. The maximum absolute atomic E-state index is 12.2. The van der Waals surface area contributed by atoms with Crippen LogP contribution in [0.4, 0.5) is 0 Å². The molecule has 0 atom stereocenters. The molecule has 1 aliphatic heterocycles. The van der Waals surface area contributed by atoms with Crippen LogP contribution < -0.4 is 10.1 Å². The van der Waals surface area contributed by atoms with Gasteiger partial charge in [0.25, 0.3) is 0 Å². The molecule has 1 aromatic carbocycles.